The molecule has 4 nitrogen and oxygen atoms in total. The summed E-state index contributed by atoms with van der Waals surface area (Å²) >= 11 is 5.79. The van der Waals surface area contributed by atoms with Crippen molar-refractivity contribution in [3.05, 3.63) is 34.9 Å². The van der Waals surface area contributed by atoms with Gasteiger partial charge in [0.2, 0.25) is 0 Å². The minimum Gasteiger partial charge on any atom is -0.203 e. The molecular weight excluding hydrogens is 260 g/mol. The molecule has 0 saturated carbocycles. The van der Waals surface area contributed by atoms with Gasteiger partial charge in [0.25, 0.3) is 10.2 Å². The summed E-state index contributed by atoms with van der Waals surface area (Å²) in [4.78, 5) is 0. The standard InChI is InChI=1S/C11H17ClN2O2S/c1-4-13-17(15,16)14-11(2,3)9-5-7-10(12)8-6-9/h5-8,13-14H,4H2,1-3H3. The van der Waals surface area contributed by atoms with Crippen LogP contribution in [0.25, 0.3) is 0 Å². The molecule has 0 saturated heterocycles. The Bertz CT molecular complexity index is 469. The third kappa shape index (κ3) is 4.27. The van der Waals surface area contributed by atoms with Crippen LogP contribution in [-0.4, -0.2) is 15.0 Å². The van der Waals surface area contributed by atoms with Crippen LogP contribution >= 0.6 is 11.6 Å². The van der Waals surface area contributed by atoms with Crippen LogP contribution in [0.2, 0.25) is 5.02 Å². The van der Waals surface area contributed by atoms with Gasteiger partial charge in [0.05, 0.1) is 5.54 Å². The third-order valence-corrected chi connectivity index (χ3v) is 3.99. The fourth-order valence-electron chi connectivity index (χ4n) is 1.49. The van der Waals surface area contributed by atoms with Gasteiger partial charge in [-0.1, -0.05) is 30.7 Å². The highest BCUT2D eigenvalue weighted by molar-refractivity contribution is 7.87. The second-order valence-corrected chi connectivity index (χ2v) is 6.17. The molecule has 0 unspecified atom stereocenters. The van der Waals surface area contributed by atoms with Crippen LogP contribution in [0.15, 0.2) is 24.3 Å². The van der Waals surface area contributed by atoms with Crippen LogP contribution in [0.5, 0.6) is 0 Å². The van der Waals surface area contributed by atoms with Crippen molar-refractivity contribution in [2.75, 3.05) is 6.54 Å². The Hall–Kier alpha value is -0.620. The van der Waals surface area contributed by atoms with E-state index in [9.17, 15) is 8.42 Å². The molecule has 6 heteroatoms. The molecule has 2 N–H and O–H groups in total. The molecule has 0 aliphatic heterocycles. The molecule has 0 heterocycles. The van der Waals surface area contributed by atoms with Crippen molar-refractivity contribution < 1.29 is 8.42 Å². The van der Waals surface area contributed by atoms with Crippen molar-refractivity contribution >= 4 is 21.8 Å². The molecule has 0 aliphatic carbocycles. The summed E-state index contributed by atoms with van der Waals surface area (Å²) in [7, 11) is -3.48. The van der Waals surface area contributed by atoms with Gasteiger partial charge in [-0.3, -0.25) is 0 Å². The molecule has 0 radical (unpaired) electrons. The van der Waals surface area contributed by atoms with Crippen molar-refractivity contribution in [3.8, 4) is 0 Å². The Morgan fingerprint density at radius 1 is 1.24 bits per heavy atom. The maximum absolute atomic E-state index is 11.6. The fraction of sp³-hybridized carbons (Fsp3) is 0.455. The average molecular weight is 277 g/mol. The predicted octanol–water partition coefficient (Wildman–Crippen LogP) is 2.02. The molecule has 0 fully saturated rings. The van der Waals surface area contributed by atoms with E-state index in [-0.39, 0.29) is 0 Å². The van der Waals surface area contributed by atoms with E-state index in [4.69, 9.17) is 11.6 Å². The van der Waals surface area contributed by atoms with Gasteiger partial charge in [-0.15, -0.1) is 0 Å². The van der Waals surface area contributed by atoms with Gasteiger partial charge in [0.15, 0.2) is 0 Å². The first kappa shape index (κ1) is 14.4. The molecule has 0 aliphatic rings. The molecule has 0 aromatic heterocycles. The molecular formula is C11H17ClN2O2S. The maximum atomic E-state index is 11.6. The van der Waals surface area contributed by atoms with Crippen LogP contribution in [0.4, 0.5) is 0 Å². The molecule has 0 bridgehead atoms. The third-order valence-electron chi connectivity index (χ3n) is 2.29. The van der Waals surface area contributed by atoms with Gasteiger partial charge >= 0.3 is 0 Å². The minimum atomic E-state index is -3.48. The average Bonchev–Trinajstić information content (AvgIpc) is 2.16. The van der Waals surface area contributed by atoms with Crippen molar-refractivity contribution in [1.82, 2.24) is 9.44 Å². The SMILES string of the molecule is CCNS(=O)(=O)NC(C)(C)c1ccc(Cl)cc1. The summed E-state index contributed by atoms with van der Waals surface area (Å²) in [5.74, 6) is 0. The Morgan fingerprint density at radius 3 is 2.24 bits per heavy atom. The van der Waals surface area contributed by atoms with Crippen molar-refractivity contribution in [2.24, 2.45) is 0 Å². The molecule has 0 atom stereocenters. The van der Waals surface area contributed by atoms with Crippen LogP contribution in [-0.2, 0) is 15.7 Å². The number of benzene rings is 1. The molecule has 0 spiro atoms. The lowest BCUT2D eigenvalue weighted by Crippen LogP contribution is -2.46. The highest BCUT2D eigenvalue weighted by atomic mass is 35.5. The summed E-state index contributed by atoms with van der Waals surface area (Å²) in [5.41, 5.74) is 0.161. The Morgan fingerprint density at radius 2 is 1.76 bits per heavy atom. The lowest BCUT2D eigenvalue weighted by atomic mass is 9.96. The zero-order valence-corrected chi connectivity index (χ0v) is 11.7. The zero-order chi connectivity index (χ0) is 13.1. The summed E-state index contributed by atoms with van der Waals surface area (Å²) < 4.78 is 28.3. The molecule has 96 valence electrons. The van der Waals surface area contributed by atoms with E-state index < -0.39 is 15.7 Å². The monoisotopic (exact) mass is 276 g/mol. The van der Waals surface area contributed by atoms with Gasteiger partial charge in [0, 0.05) is 11.6 Å². The molecule has 17 heavy (non-hydrogen) atoms. The largest absolute Gasteiger partial charge is 0.277 e. The number of halogens is 1. The Kier molecular flexibility index (Phi) is 4.55. The normalized spacial score (nSPS) is 12.7. The minimum absolute atomic E-state index is 0.353. The van der Waals surface area contributed by atoms with Crippen LogP contribution < -0.4 is 9.44 Å². The lowest BCUT2D eigenvalue weighted by molar-refractivity contribution is 0.466. The second kappa shape index (κ2) is 5.35. The van der Waals surface area contributed by atoms with E-state index in [0.29, 0.717) is 11.6 Å². The van der Waals surface area contributed by atoms with Crippen LogP contribution in [0.1, 0.15) is 26.3 Å². The second-order valence-electron chi connectivity index (χ2n) is 4.24. The van der Waals surface area contributed by atoms with Gasteiger partial charge in [-0.05, 0) is 31.5 Å². The van der Waals surface area contributed by atoms with Crippen molar-refractivity contribution in [1.29, 1.82) is 0 Å². The van der Waals surface area contributed by atoms with Gasteiger partial charge in [0.1, 0.15) is 0 Å². The summed E-state index contributed by atoms with van der Waals surface area (Å²) in [6, 6.07) is 7.08. The molecule has 0 amide bonds. The van der Waals surface area contributed by atoms with E-state index in [1.807, 2.05) is 0 Å². The fourth-order valence-corrected chi connectivity index (χ4v) is 2.86. The number of hydrogen-bond acceptors (Lipinski definition) is 2. The topological polar surface area (TPSA) is 58.2 Å². The van der Waals surface area contributed by atoms with Crippen LogP contribution in [0, 0.1) is 0 Å². The highest BCUT2D eigenvalue weighted by Crippen LogP contribution is 2.22. The molecule has 1 aromatic carbocycles. The predicted molar refractivity (Wildman–Crippen MR) is 70.2 cm³/mol. The summed E-state index contributed by atoms with van der Waals surface area (Å²) in [6.45, 7) is 5.68. The van der Waals surface area contributed by atoms with E-state index in [2.05, 4.69) is 9.44 Å². The zero-order valence-electron chi connectivity index (χ0n) is 10.1. The number of rotatable bonds is 5. The van der Waals surface area contributed by atoms with E-state index in [1.54, 1.807) is 45.0 Å². The first-order valence-electron chi connectivity index (χ1n) is 5.31. The number of hydrogen-bond donors (Lipinski definition) is 2. The Balaban J connectivity index is 2.92. The summed E-state index contributed by atoms with van der Waals surface area (Å²) in [5, 5.41) is 0.624. The molecule has 1 aromatic rings. The smallest absolute Gasteiger partial charge is 0.203 e. The first-order valence-corrected chi connectivity index (χ1v) is 7.17. The first-order chi connectivity index (χ1) is 7.77. The lowest BCUT2D eigenvalue weighted by Gasteiger charge is -2.26. The van der Waals surface area contributed by atoms with E-state index in [0.717, 1.165) is 5.56 Å². The van der Waals surface area contributed by atoms with E-state index >= 15 is 0 Å². The molecule has 1 rings (SSSR count). The van der Waals surface area contributed by atoms with Crippen molar-refractivity contribution in [3.63, 3.8) is 0 Å². The van der Waals surface area contributed by atoms with E-state index in [1.165, 1.54) is 0 Å². The van der Waals surface area contributed by atoms with Gasteiger partial charge < -0.3 is 0 Å². The number of nitrogens with one attached hydrogen (secondary N) is 2. The maximum Gasteiger partial charge on any atom is 0.277 e. The Labute approximate surface area is 108 Å². The van der Waals surface area contributed by atoms with Gasteiger partial charge in [-0.2, -0.15) is 13.1 Å². The van der Waals surface area contributed by atoms with Crippen LogP contribution in [0.3, 0.4) is 0 Å². The van der Waals surface area contributed by atoms with Crippen molar-refractivity contribution in [2.45, 2.75) is 26.3 Å². The highest BCUT2D eigenvalue weighted by Gasteiger charge is 2.25. The summed E-state index contributed by atoms with van der Waals surface area (Å²) in [6.07, 6.45) is 0. The van der Waals surface area contributed by atoms with Gasteiger partial charge in [-0.25, -0.2) is 4.72 Å². The quantitative estimate of drug-likeness (QED) is 0.864.